The highest BCUT2D eigenvalue weighted by Crippen LogP contribution is 2.34. The van der Waals surface area contributed by atoms with Gasteiger partial charge in [0.2, 0.25) is 0 Å². The van der Waals surface area contributed by atoms with Gasteiger partial charge in [0.15, 0.2) is 0 Å². The molecule has 1 unspecified atom stereocenters. The Morgan fingerprint density at radius 1 is 0.975 bits per heavy atom. The Morgan fingerprint density at radius 3 is 2.25 bits per heavy atom. The SMILES string of the molecule is N#Cc1ccc(NC2CCN(C(O)CCCN3CCN(c4ccc(C(F)(F)F)nc4)CC3)CC2)cc1C(F)(F)F. The number of alkyl halides is 6. The number of hydrogen-bond acceptors (Lipinski definition) is 7. The first-order valence-corrected chi connectivity index (χ1v) is 13.2. The smallest absolute Gasteiger partial charge is 0.382 e. The second-order valence-electron chi connectivity index (χ2n) is 10.2. The maximum Gasteiger partial charge on any atom is 0.433 e. The Bertz CT molecular complexity index is 1150. The zero-order valence-electron chi connectivity index (χ0n) is 21.8. The third-order valence-corrected chi connectivity index (χ3v) is 7.48. The molecule has 7 nitrogen and oxygen atoms in total. The van der Waals surface area contributed by atoms with Gasteiger partial charge >= 0.3 is 12.4 Å². The lowest BCUT2D eigenvalue weighted by molar-refractivity contribution is -0.141. The van der Waals surface area contributed by atoms with Gasteiger partial charge in [-0.15, -0.1) is 0 Å². The summed E-state index contributed by atoms with van der Waals surface area (Å²) in [6, 6.07) is 7.63. The standard InChI is InChI=1S/C27H32F6N6O/c28-26(29,30)23-16-21(4-3-19(23)17-34)36-20-7-10-39(11-8-20)25(40)2-1-9-37-12-14-38(15-13-37)22-5-6-24(35-18-22)27(31,32)33/h3-6,16,18,20,25,36,40H,1-2,7-15H2. The Hall–Kier alpha value is -3.08. The van der Waals surface area contributed by atoms with E-state index in [4.69, 9.17) is 5.26 Å². The number of piperazine rings is 1. The van der Waals surface area contributed by atoms with E-state index in [0.29, 0.717) is 56.8 Å². The minimum atomic E-state index is -4.60. The summed E-state index contributed by atoms with van der Waals surface area (Å²) in [6.45, 7) is 4.91. The summed E-state index contributed by atoms with van der Waals surface area (Å²) in [5.74, 6) is 0. The Kier molecular flexibility index (Phi) is 9.43. The molecule has 0 bridgehead atoms. The van der Waals surface area contributed by atoms with Gasteiger partial charge < -0.3 is 15.3 Å². The van der Waals surface area contributed by atoms with Crippen LogP contribution in [0.1, 0.15) is 42.5 Å². The number of rotatable bonds is 8. The molecule has 2 aromatic rings. The van der Waals surface area contributed by atoms with E-state index in [0.717, 1.165) is 38.2 Å². The van der Waals surface area contributed by atoms with E-state index in [1.807, 2.05) is 9.80 Å². The molecular formula is C27H32F6N6O. The number of nitriles is 1. The Labute approximate surface area is 229 Å². The number of hydrogen-bond donors (Lipinski definition) is 2. The number of pyridine rings is 1. The van der Waals surface area contributed by atoms with Crippen molar-refractivity contribution in [2.75, 3.05) is 56.0 Å². The van der Waals surface area contributed by atoms with Crippen LogP contribution in [-0.4, -0.2) is 78.0 Å². The van der Waals surface area contributed by atoms with Crippen LogP contribution in [0.15, 0.2) is 36.5 Å². The van der Waals surface area contributed by atoms with Crippen LogP contribution in [0.3, 0.4) is 0 Å². The topological polar surface area (TPSA) is 78.7 Å². The first kappa shape index (κ1) is 29.9. The van der Waals surface area contributed by atoms with Crippen molar-refractivity contribution >= 4 is 11.4 Å². The van der Waals surface area contributed by atoms with Crippen molar-refractivity contribution in [2.45, 2.75) is 50.3 Å². The van der Waals surface area contributed by atoms with Gasteiger partial charge in [-0.05, 0) is 62.6 Å². The van der Waals surface area contributed by atoms with Crippen molar-refractivity contribution in [3.05, 3.63) is 53.3 Å². The molecule has 218 valence electrons. The fourth-order valence-electron chi connectivity index (χ4n) is 5.19. The summed E-state index contributed by atoms with van der Waals surface area (Å²) < 4.78 is 77.9. The van der Waals surface area contributed by atoms with Crippen LogP contribution in [-0.2, 0) is 12.4 Å². The number of benzene rings is 1. The molecule has 3 heterocycles. The van der Waals surface area contributed by atoms with Crippen molar-refractivity contribution in [3.8, 4) is 6.07 Å². The number of nitrogens with one attached hydrogen (secondary N) is 1. The molecule has 0 amide bonds. The highest BCUT2D eigenvalue weighted by Gasteiger charge is 2.34. The number of nitrogens with zero attached hydrogens (tertiary/aromatic N) is 5. The third kappa shape index (κ3) is 7.77. The fraction of sp³-hybridized carbons (Fsp3) is 0.556. The average Bonchev–Trinajstić information content (AvgIpc) is 2.93. The van der Waals surface area contributed by atoms with Gasteiger partial charge in [0, 0.05) is 51.0 Å². The maximum atomic E-state index is 13.2. The number of anilines is 2. The van der Waals surface area contributed by atoms with E-state index in [2.05, 4.69) is 15.2 Å². The normalized spacial score (nSPS) is 18.9. The lowest BCUT2D eigenvalue weighted by atomic mass is 10.0. The van der Waals surface area contributed by atoms with Crippen molar-refractivity contribution in [1.82, 2.24) is 14.8 Å². The maximum absolute atomic E-state index is 13.2. The van der Waals surface area contributed by atoms with Crippen LogP contribution in [0.5, 0.6) is 0 Å². The van der Waals surface area contributed by atoms with E-state index in [1.165, 1.54) is 24.4 Å². The largest absolute Gasteiger partial charge is 0.433 e. The summed E-state index contributed by atoms with van der Waals surface area (Å²) >= 11 is 0. The van der Waals surface area contributed by atoms with Crippen molar-refractivity contribution < 1.29 is 31.4 Å². The highest BCUT2D eigenvalue weighted by molar-refractivity contribution is 5.53. The van der Waals surface area contributed by atoms with Crippen LogP contribution in [0, 0.1) is 11.3 Å². The quantitative estimate of drug-likeness (QED) is 0.442. The molecule has 1 atom stereocenters. The number of halogens is 6. The van der Waals surface area contributed by atoms with E-state index in [-0.39, 0.29) is 6.04 Å². The van der Waals surface area contributed by atoms with Gasteiger partial charge in [-0.1, -0.05) is 0 Å². The van der Waals surface area contributed by atoms with E-state index >= 15 is 0 Å². The van der Waals surface area contributed by atoms with E-state index < -0.39 is 35.4 Å². The van der Waals surface area contributed by atoms with Crippen LogP contribution >= 0.6 is 0 Å². The van der Waals surface area contributed by atoms with Crippen molar-refractivity contribution in [2.24, 2.45) is 0 Å². The number of aliphatic hydroxyl groups is 1. The summed E-state index contributed by atoms with van der Waals surface area (Å²) in [6.07, 6.45) is -5.70. The van der Waals surface area contributed by atoms with Crippen LogP contribution in [0.4, 0.5) is 37.7 Å². The van der Waals surface area contributed by atoms with Crippen molar-refractivity contribution in [1.29, 1.82) is 5.26 Å². The molecule has 13 heteroatoms. The first-order chi connectivity index (χ1) is 18.9. The summed E-state index contributed by atoms with van der Waals surface area (Å²) in [7, 11) is 0. The molecule has 0 radical (unpaired) electrons. The molecule has 0 spiro atoms. The van der Waals surface area contributed by atoms with Gasteiger partial charge in [-0.25, -0.2) is 4.98 Å². The van der Waals surface area contributed by atoms with E-state index in [9.17, 15) is 31.4 Å². The molecule has 2 fully saturated rings. The zero-order valence-corrected chi connectivity index (χ0v) is 21.8. The minimum Gasteiger partial charge on any atom is -0.382 e. The molecule has 1 aromatic carbocycles. The third-order valence-electron chi connectivity index (χ3n) is 7.48. The molecule has 0 aliphatic carbocycles. The van der Waals surface area contributed by atoms with E-state index in [1.54, 1.807) is 6.07 Å². The average molecular weight is 571 g/mol. The Balaban J connectivity index is 1.15. The number of aliphatic hydroxyl groups excluding tert-OH is 1. The summed E-state index contributed by atoms with van der Waals surface area (Å²) in [4.78, 5) is 9.79. The number of aromatic nitrogens is 1. The summed E-state index contributed by atoms with van der Waals surface area (Å²) in [5, 5.41) is 22.8. The molecule has 2 saturated heterocycles. The van der Waals surface area contributed by atoms with Crippen LogP contribution in [0.25, 0.3) is 0 Å². The highest BCUT2D eigenvalue weighted by atomic mass is 19.4. The number of likely N-dealkylation sites (tertiary alicyclic amines) is 1. The molecule has 2 aliphatic rings. The van der Waals surface area contributed by atoms with Gasteiger partial charge in [-0.3, -0.25) is 9.80 Å². The van der Waals surface area contributed by atoms with Crippen LogP contribution in [0.2, 0.25) is 0 Å². The molecule has 1 aromatic heterocycles. The van der Waals surface area contributed by atoms with Crippen LogP contribution < -0.4 is 10.2 Å². The summed E-state index contributed by atoms with van der Waals surface area (Å²) in [5.41, 5.74) is -1.28. The zero-order chi connectivity index (χ0) is 28.9. The van der Waals surface area contributed by atoms with Gasteiger partial charge in [0.05, 0.1) is 29.1 Å². The number of piperidine rings is 1. The van der Waals surface area contributed by atoms with Crippen molar-refractivity contribution in [3.63, 3.8) is 0 Å². The van der Waals surface area contributed by atoms with Gasteiger partial charge in [0.25, 0.3) is 0 Å². The predicted octanol–water partition coefficient (Wildman–Crippen LogP) is 4.79. The van der Waals surface area contributed by atoms with Gasteiger partial charge in [-0.2, -0.15) is 31.6 Å². The van der Waals surface area contributed by atoms with Gasteiger partial charge in [0.1, 0.15) is 11.9 Å². The first-order valence-electron chi connectivity index (χ1n) is 13.2. The molecular weight excluding hydrogens is 538 g/mol. The minimum absolute atomic E-state index is 0.0337. The molecule has 0 saturated carbocycles. The Morgan fingerprint density at radius 2 is 1.68 bits per heavy atom. The predicted molar refractivity (Wildman–Crippen MR) is 138 cm³/mol. The molecule has 4 rings (SSSR count). The molecule has 2 N–H and O–H groups in total. The second kappa shape index (κ2) is 12.6. The fourth-order valence-corrected chi connectivity index (χ4v) is 5.19. The second-order valence-corrected chi connectivity index (χ2v) is 10.2. The lowest BCUT2D eigenvalue weighted by Crippen LogP contribution is -2.47. The molecule has 40 heavy (non-hydrogen) atoms. The lowest BCUT2D eigenvalue weighted by Gasteiger charge is -2.37. The molecule has 2 aliphatic heterocycles. The monoisotopic (exact) mass is 570 g/mol.